The van der Waals surface area contributed by atoms with Gasteiger partial charge in [-0.2, -0.15) is 22.7 Å². The lowest BCUT2D eigenvalue weighted by Gasteiger charge is -2.09. The molecule has 132 valence electrons. The molecule has 3 rings (SSSR count). The minimum absolute atomic E-state index is 0.0133. The molecule has 9 heteroatoms. The van der Waals surface area contributed by atoms with Gasteiger partial charge in [-0.3, -0.25) is 0 Å². The van der Waals surface area contributed by atoms with E-state index in [2.05, 4.69) is 20.4 Å². The van der Waals surface area contributed by atoms with Crippen LogP contribution in [0.5, 0.6) is 0 Å². The quantitative estimate of drug-likeness (QED) is 0.739. The van der Waals surface area contributed by atoms with E-state index in [1.807, 2.05) is 24.3 Å². The first-order valence-electron chi connectivity index (χ1n) is 7.61. The van der Waals surface area contributed by atoms with Crippen LogP contribution in [0.3, 0.4) is 0 Å². The lowest BCUT2D eigenvalue weighted by atomic mass is 10.1. The molecule has 0 fully saturated rings. The van der Waals surface area contributed by atoms with Gasteiger partial charge < -0.3 is 10.4 Å². The highest BCUT2D eigenvalue weighted by molar-refractivity contribution is 5.45. The first-order valence-corrected chi connectivity index (χ1v) is 7.61. The number of halogens is 3. The van der Waals surface area contributed by atoms with Crippen LogP contribution in [0, 0.1) is 6.92 Å². The van der Waals surface area contributed by atoms with Gasteiger partial charge >= 0.3 is 6.18 Å². The van der Waals surface area contributed by atoms with Gasteiger partial charge in [0, 0.05) is 18.3 Å². The van der Waals surface area contributed by atoms with Crippen LogP contribution in [0.1, 0.15) is 22.6 Å². The summed E-state index contributed by atoms with van der Waals surface area (Å²) >= 11 is 0. The fourth-order valence-corrected chi connectivity index (χ4v) is 2.38. The molecular formula is C16H16F3N5O. The molecule has 0 saturated carbocycles. The van der Waals surface area contributed by atoms with Crippen molar-refractivity contribution in [2.24, 2.45) is 0 Å². The molecule has 0 spiro atoms. The Morgan fingerprint density at radius 2 is 1.80 bits per heavy atom. The van der Waals surface area contributed by atoms with E-state index in [1.54, 1.807) is 13.0 Å². The van der Waals surface area contributed by atoms with Crippen LogP contribution in [0.2, 0.25) is 0 Å². The van der Waals surface area contributed by atoms with Gasteiger partial charge in [0.2, 0.25) is 0 Å². The van der Waals surface area contributed by atoms with Crippen molar-refractivity contribution < 1.29 is 18.3 Å². The first-order chi connectivity index (χ1) is 11.9. The highest BCUT2D eigenvalue weighted by Crippen LogP contribution is 2.27. The smallest absolute Gasteiger partial charge is 0.392 e. The number of rotatable bonds is 5. The zero-order valence-electron chi connectivity index (χ0n) is 13.4. The molecule has 2 aromatic heterocycles. The molecule has 0 unspecified atom stereocenters. The molecule has 6 nitrogen and oxygen atoms in total. The molecule has 0 amide bonds. The number of nitrogens with zero attached hydrogens (tertiary/aromatic N) is 4. The third-order valence-electron chi connectivity index (χ3n) is 3.62. The van der Waals surface area contributed by atoms with Crippen LogP contribution < -0.4 is 5.32 Å². The van der Waals surface area contributed by atoms with Gasteiger partial charge in [0.25, 0.3) is 11.6 Å². The van der Waals surface area contributed by atoms with E-state index in [0.29, 0.717) is 24.5 Å². The SMILES string of the molecule is Cc1cc(NCCc2ccc(CO)cc2)n2nc(C(F)(F)F)nc2n1. The standard InChI is InChI=1S/C16H16F3N5O/c1-10-8-13(20-7-6-11-2-4-12(9-25)5-3-11)24-15(21-10)22-14(23-24)16(17,18)19/h2-5,8,20,25H,6-7,9H2,1H3. The summed E-state index contributed by atoms with van der Waals surface area (Å²) in [5, 5.41) is 15.6. The van der Waals surface area contributed by atoms with E-state index >= 15 is 0 Å². The second-order valence-electron chi connectivity index (χ2n) is 5.58. The Balaban J connectivity index is 1.77. The Kier molecular flexibility index (Phi) is 4.58. The number of fused-ring (bicyclic) bond motifs is 1. The summed E-state index contributed by atoms with van der Waals surface area (Å²) in [5.74, 6) is -0.909. The van der Waals surface area contributed by atoms with E-state index < -0.39 is 12.0 Å². The molecule has 3 aromatic rings. The minimum atomic E-state index is -4.62. The zero-order chi connectivity index (χ0) is 18.0. The van der Waals surface area contributed by atoms with Gasteiger partial charge in [0.15, 0.2) is 0 Å². The topological polar surface area (TPSA) is 75.3 Å². The fraction of sp³-hybridized carbons (Fsp3) is 0.312. The lowest BCUT2D eigenvalue weighted by Crippen LogP contribution is -2.11. The number of anilines is 1. The molecule has 0 radical (unpaired) electrons. The number of benzene rings is 1. The van der Waals surface area contributed by atoms with Gasteiger partial charge in [-0.25, -0.2) is 4.98 Å². The van der Waals surface area contributed by atoms with Crippen LogP contribution in [0.25, 0.3) is 5.78 Å². The van der Waals surface area contributed by atoms with E-state index in [4.69, 9.17) is 5.11 Å². The highest BCUT2D eigenvalue weighted by atomic mass is 19.4. The predicted molar refractivity (Wildman–Crippen MR) is 85.1 cm³/mol. The minimum Gasteiger partial charge on any atom is -0.392 e. The van der Waals surface area contributed by atoms with E-state index in [0.717, 1.165) is 15.6 Å². The summed E-state index contributed by atoms with van der Waals surface area (Å²) in [7, 11) is 0. The molecule has 0 atom stereocenters. The van der Waals surface area contributed by atoms with Crippen molar-refractivity contribution in [3.63, 3.8) is 0 Å². The number of aryl methyl sites for hydroxylation is 1. The number of nitrogens with one attached hydrogen (secondary N) is 1. The highest BCUT2D eigenvalue weighted by Gasteiger charge is 2.36. The maximum atomic E-state index is 12.8. The Labute approximate surface area is 141 Å². The van der Waals surface area contributed by atoms with Crippen LogP contribution in [-0.2, 0) is 19.2 Å². The molecule has 0 aliphatic heterocycles. The number of hydrogen-bond acceptors (Lipinski definition) is 5. The lowest BCUT2D eigenvalue weighted by molar-refractivity contribution is -0.144. The van der Waals surface area contributed by atoms with Crippen molar-refractivity contribution in [1.82, 2.24) is 19.6 Å². The molecule has 2 N–H and O–H groups in total. The Morgan fingerprint density at radius 3 is 2.44 bits per heavy atom. The molecule has 1 aromatic carbocycles. The number of aliphatic hydroxyl groups excluding tert-OH is 1. The third kappa shape index (κ3) is 3.87. The maximum Gasteiger partial charge on any atom is 0.453 e. The van der Waals surface area contributed by atoms with Gasteiger partial charge in [-0.1, -0.05) is 24.3 Å². The summed E-state index contributed by atoms with van der Waals surface area (Å²) in [6.07, 6.45) is -3.96. The predicted octanol–water partition coefficient (Wildman–Crippen LogP) is 2.60. The molecule has 25 heavy (non-hydrogen) atoms. The van der Waals surface area contributed by atoms with E-state index in [-0.39, 0.29) is 12.4 Å². The largest absolute Gasteiger partial charge is 0.453 e. The average Bonchev–Trinajstić information content (AvgIpc) is 2.99. The number of hydrogen-bond donors (Lipinski definition) is 2. The second kappa shape index (κ2) is 6.67. The van der Waals surface area contributed by atoms with Crippen molar-refractivity contribution in [1.29, 1.82) is 0 Å². The molecule has 0 aliphatic rings. The summed E-state index contributed by atoms with van der Waals surface area (Å²) in [5.41, 5.74) is 2.41. The summed E-state index contributed by atoms with van der Waals surface area (Å²) in [4.78, 5) is 7.42. The van der Waals surface area contributed by atoms with Crippen LogP contribution >= 0.6 is 0 Å². The van der Waals surface area contributed by atoms with Gasteiger partial charge in [-0.15, -0.1) is 5.10 Å². The number of aliphatic hydroxyl groups is 1. The van der Waals surface area contributed by atoms with Gasteiger partial charge in [0.05, 0.1) is 6.61 Å². The molecular weight excluding hydrogens is 335 g/mol. The van der Waals surface area contributed by atoms with Crippen molar-refractivity contribution in [3.05, 3.63) is 53.0 Å². The summed E-state index contributed by atoms with van der Waals surface area (Å²) in [6.45, 7) is 2.17. The van der Waals surface area contributed by atoms with Crippen molar-refractivity contribution >= 4 is 11.6 Å². The summed E-state index contributed by atoms with van der Waals surface area (Å²) < 4.78 is 39.4. The molecule has 0 aliphatic carbocycles. The second-order valence-corrected chi connectivity index (χ2v) is 5.58. The van der Waals surface area contributed by atoms with Crippen LogP contribution in [0.15, 0.2) is 30.3 Å². The van der Waals surface area contributed by atoms with E-state index in [9.17, 15) is 13.2 Å². The number of aromatic nitrogens is 4. The average molecular weight is 351 g/mol. The Morgan fingerprint density at radius 1 is 1.12 bits per heavy atom. The Hall–Kier alpha value is -2.68. The maximum absolute atomic E-state index is 12.8. The number of alkyl halides is 3. The zero-order valence-corrected chi connectivity index (χ0v) is 13.4. The molecule has 2 heterocycles. The van der Waals surface area contributed by atoms with E-state index in [1.165, 1.54) is 0 Å². The normalized spacial score (nSPS) is 11.9. The van der Waals surface area contributed by atoms with Crippen molar-refractivity contribution in [3.8, 4) is 0 Å². The Bertz CT molecular complexity index is 874. The third-order valence-corrected chi connectivity index (χ3v) is 3.62. The van der Waals surface area contributed by atoms with Crippen molar-refractivity contribution in [2.45, 2.75) is 26.1 Å². The van der Waals surface area contributed by atoms with Crippen LogP contribution in [0.4, 0.5) is 19.0 Å². The van der Waals surface area contributed by atoms with Crippen molar-refractivity contribution in [2.75, 3.05) is 11.9 Å². The van der Waals surface area contributed by atoms with Gasteiger partial charge in [-0.05, 0) is 24.5 Å². The first kappa shape index (κ1) is 17.2. The van der Waals surface area contributed by atoms with Crippen LogP contribution in [-0.4, -0.2) is 31.2 Å². The van der Waals surface area contributed by atoms with Gasteiger partial charge in [0.1, 0.15) is 5.82 Å². The fourth-order valence-electron chi connectivity index (χ4n) is 2.38. The monoisotopic (exact) mass is 351 g/mol. The molecule has 0 bridgehead atoms. The molecule has 0 saturated heterocycles. The summed E-state index contributed by atoms with van der Waals surface area (Å²) in [6, 6.07) is 9.08.